The van der Waals surface area contributed by atoms with Crippen molar-refractivity contribution in [2.75, 3.05) is 25.0 Å². The quantitative estimate of drug-likeness (QED) is 0.774. The minimum atomic E-state index is 0.641. The van der Waals surface area contributed by atoms with E-state index < -0.39 is 0 Å². The van der Waals surface area contributed by atoms with Crippen molar-refractivity contribution in [2.24, 2.45) is 0 Å². The molecule has 0 radical (unpaired) electrons. The normalized spacial score (nSPS) is 16.9. The summed E-state index contributed by atoms with van der Waals surface area (Å²) in [6, 6.07) is 6.90. The highest BCUT2D eigenvalue weighted by molar-refractivity contribution is 5.43. The third kappa shape index (κ3) is 1.73. The van der Waals surface area contributed by atoms with E-state index in [0.29, 0.717) is 6.04 Å². The lowest BCUT2D eigenvalue weighted by Crippen LogP contribution is -2.57. The maximum absolute atomic E-state index is 4.58. The summed E-state index contributed by atoms with van der Waals surface area (Å²) in [5.74, 6) is 1.12. The van der Waals surface area contributed by atoms with Gasteiger partial charge in [0.25, 0.3) is 0 Å². The fourth-order valence-electron chi connectivity index (χ4n) is 1.69. The van der Waals surface area contributed by atoms with Crippen LogP contribution in [0.25, 0.3) is 0 Å². The second-order valence-corrected chi connectivity index (χ2v) is 3.73. The van der Waals surface area contributed by atoms with E-state index in [2.05, 4.69) is 40.3 Å². The van der Waals surface area contributed by atoms with Crippen molar-refractivity contribution < 1.29 is 0 Å². The van der Waals surface area contributed by atoms with Crippen LogP contribution in [0.4, 0.5) is 5.82 Å². The second kappa shape index (κ2) is 3.96. The number of hydrogen-bond donors (Lipinski definition) is 1. The molecule has 0 aromatic carbocycles. The van der Waals surface area contributed by atoms with Crippen LogP contribution in [-0.2, 0) is 6.42 Å². The van der Waals surface area contributed by atoms with E-state index in [1.165, 1.54) is 5.69 Å². The van der Waals surface area contributed by atoms with Crippen molar-refractivity contribution in [1.82, 2.24) is 10.3 Å². The lowest BCUT2D eigenvalue weighted by atomic mass is 10.1. The summed E-state index contributed by atoms with van der Waals surface area (Å²) < 4.78 is 0. The van der Waals surface area contributed by atoms with E-state index >= 15 is 0 Å². The molecular weight excluding hydrogens is 174 g/mol. The Labute approximate surface area is 85.1 Å². The number of anilines is 1. The molecule has 0 bridgehead atoms. The molecule has 1 fully saturated rings. The molecule has 1 aliphatic rings. The molecule has 0 amide bonds. The zero-order valence-electron chi connectivity index (χ0n) is 8.83. The third-order valence-corrected chi connectivity index (χ3v) is 2.77. The average Bonchev–Trinajstić information content (AvgIpc) is 2.17. The van der Waals surface area contributed by atoms with Crippen molar-refractivity contribution in [3.05, 3.63) is 23.9 Å². The first-order chi connectivity index (χ1) is 6.83. The van der Waals surface area contributed by atoms with Gasteiger partial charge in [0.05, 0.1) is 0 Å². The van der Waals surface area contributed by atoms with Crippen LogP contribution in [0.15, 0.2) is 18.2 Å². The van der Waals surface area contributed by atoms with Crippen molar-refractivity contribution in [2.45, 2.75) is 19.4 Å². The van der Waals surface area contributed by atoms with Gasteiger partial charge in [0.15, 0.2) is 0 Å². The van der Waals surface area contributed by atoms with E-state index in [9.17, 15) is 0 Å². The van der Waals surface area contributed by atoms with Crippen LogP contribution in [0.5, 0.6) is 0 Å². The number of aromatic nitrogens is 1. The molecular formula is C11H17N3. The number of aryl methyl sites for hydroxylation is 1. The van der Waals surface area contributed by atoms with Crippen molar-refractivity contribution >= 4 is 5.82 Å². The lowest BCUT2D eigenvalue weighted by Gasteiger charge is -2.40. The maximum Gasteiger partial charge on any atom is 0.128 e. The van der Waals surface area contributed by atoms with Crippen molar-refractivity contribution in [1.29, 1.82) is 0 Å². The van der Waals surface area contributed by atoms with Gasteiger partial charge in [0.2, 0.25) is 0 Å². The van der Waals surface area contributed by atoms with Gasteiger partial charge in [0.1, 0.15) is 5.82 Å². The van der Waals surface area contributed by atoms with Crippen LogP contribution in [0.3, 0.4) is 0 Å². The SMILES string of the molecule is CCc1cccc(N2CC(NC)C2)n1. The number of likely N-dealkylation sites (N-methyl/N-ethyl adjacent to an activating group) is 1. The van der Waals surface area contributed by atoms with Gasteiger partial charge in [-0.3, -0.25) is 0 Å². The Bertz CT molecular complexity index is 305. The van der Waals surface area contributed by atoms with Crippen LogP contribution >= 0.6 is 0 Å². The first kappa shape index (κ1) is 9.46. The molecule has 1 aromatic rings. The molecule has 3 nitrogen and oxygen atoms in total. The predicted octanol–water partition coefficient (Wildman–Crippen LogP) is 1.05. The molecule has 2 rings (SSSR count). The van der Waals surface area contributed by atoms with Gasteiger partial charge < -0.3 is 10.2 Å². The van der Waals surface area contributed by atoms with Gasteiger partial charge >= 0.3 is 0 Å². The first-order valence-electron chi connectivity index (χ1n) is 5.21. The summed E-state index contributed by atoms with van der Waals surface area (Å²) in [7, 11) is 2.01. The monoisotopic (exact) mass is 191 g/mol. The Morgan fingerprint density at radius 3 is 2.93 bits per heavy atom. The number of rotatable bonds is 3. The summed E-state index contributed by atoms with van der Waals surface area (Å²) >= 11 is 0. The maximum atomic E-state index is 4.58. The molecule has 14 heavy (non-hydrogen) atoms. The summed E-state index contributed by atoms with van der Waals surface area (Å²) in [4.78, 5) is 6.89. The van der Waals surface area contributed by atoms with E-state index in [-0.39, 0.29) is 0 Å². The highest BCUT2D eigenvalue weighted by Crippen LogP contribution is 2.18. The minimum absolute atomic E-state index is 0.641. The summed E-state index contributed by atoms with van der Waals surface area (Å²) in [6.07, 6.45) is 1.01. The van der Waals surface area contributed by atoms with Gasteiger partial charge in [-0.2, -0.15) is 0 Å². The predicted molar refractivity (Wildman–Crippen MR) is 58.7 cm³/mol. The molecule has 0 saturated carbocycles. The Hall–Kier alpha value is -1.09. The zero-order chi connectivity index (χ0) is 9.97. The van der Waals surface area contributed by atoms with Crippen molar-refractivity contribution in [3.63, 3.8) is 0 Å². The molecule has 0 atom stereocenters. The topological polar surface area (TPSA) is 28.2 Å². The molecule has 1 aliphatic heterocycles. The van der Waals surface area contributed by atoms with E-state index in [1.54, 1.807) is 0 Å². The molecule has 0 aliphatic carbocycles. The summed E-state index contributed by atoms with van der Waals surface area (Å²) in [6.45, 7) is 4.30. The fraction of sp³-hybridized carbons (Fsp3) is 0.545. The molecule has 1 N–H and O–H groups in total. The van der Waals surface area contributed by atoms with E-state index in [0.717, 1.165) is 25.3 Å². The summed E-state index contributed by atoms with van der Waals surface area (Å²) in [5.41, 5.74) is 1.18. The van der Waals surface area contributed by atoms with Crippen molar-refractivity contribution in [3.8, 4) is 0 Å². The smallest absolute Gasteiger partial charge is 0.128 e. The number of nitrogens with zero attached hydrogens (tertiary/aromatic N) is 2. The highest BCUT2D eigenvalue weighted by Gasteiger charge is 2.25. The van der Waals surface area contributed by atoms with Gasteiger partial charge in [-0.15, -0.1) is 0 Å². The highest BCUT2D eigenvalue weighted by atomic mass is 15.3. The van der Waals surface area contributed by atoms with Crippen LogP contribution in [-0.4, -0.2) is 31.2 Å². The van der Waals surface area contributed by atoms with Gasteiger partial charge in [-0.05, 0) is 25.6 Å². The summed E-state index contributed by atoms with van der Waals surface area (Å²) in [5, 5.41) is 3.26. The third-order valence-electron chi connectivity index (χ3n) is 2.77. The van der Waals surface area contributed by atoms with E-state index in [1.807, 2.05) is 7.05 Å². The molecule has 1 aromatic heterocycles. The Balaban J connectivity index is 2.03. The van der Waals surface area contributed by atoms with Gasteiger partial charge in [-0.1, -0.05) is 13.0 Å². The second-order valence-electron chi connectivity index (χ2n) is 3.73. The Morgan fingerprint density at radius 2 is 2.29 bits per heavy atom. The van der Waals surface area contributed by atoms with E-state index in [4.69, 9.17) is 0 Å². The van der Waals surface area contributed by atoms with Gasteiger partial charge in [0, 0.05) is 24.8 Å². The molecule has 1 saturated heterocycles. The van der Waals surface area contributed by atoms with Crippen LogP contribution in [0.2, 0.25) is 0 Å². The standard InChI is InChI=1S/C11H17N3/c1-3-9-5-4-6-11(13-9)14-7-10(8-14)12-2/h4-6,10,12H,3,7-8H2,1-2H3. The Kier molecular flexibility index (Phi) is 2.68. The molecule has 0 unspecified atom stereocenters. The molecule has 76 valence electrons. The van der Waals surface area contributed by atoms with Crippen LogP contribution < -0.4 is 10.2 Å². The van der Waals surface area contributed by atoms with Crippen LogP contribution in [0.1, 0.15) is 12.6 Å². The Morgan fingerprint density at radius 1 is 1.50 bits per heavy atom. The molecule has 3 heteroatoms. The van der Waals surface area contributed by atoms with Gasteiger partial charge in [-0.25, -0.2) is 4.98 Å². The number of pyridine rings is 1. The number of hydrogen-bond acceptors (Lipinski definition) is 3. The van der Waals surface area contributed by atoms with Crippen LogP contribution in [0, 0.1) is 0 Å². The number of nitrogens with one attached hydrogen (secondary N) is 1. The molecule has 0 spiro atoms. The largest absolute Gasteiger partial charge is 0.353 e. The minimum Gasteiger partial charge on any atom is -0.353 e. The average molecular weight is 191 g/mol. The lowest BCUT2D eigenvalue weighted by molar-refractivity contribution is 0.447. The first-order valence-corrected chi connectivity index (χ1v) is 5.21. The molecule has 2 heterocycles. The zero-order valence-corrected chi connectivity index (χ0v) is 8.83. The fourth-order valence-corrected chi connectivity index (χ4v) is 1.69.